The van der Waals surface area contributed by atoms with E-state index in [1.807, 2.05) is 68.4 Å². The van der Waals surface area contributed by atoms with Gasteiger partial charge in [-0.15, -0.1) is 12.4 Å². The van der Waals surface area contributed by atoms with Crippen molar-refractivity contribution in [1.82, 2.24) is 5.32 Å². The van der Waals surface area contributed by atoms with Gasteiger partial charge in [0.05, 0.1) is 13.2 Å². The second-order valence-electron chi connectivity index (χ2n) is 6.11. The van der Waals surface area contributed by atoms with Gasteiger partial charge in [-0.1, -0.05) is 61.5 Å². The van der Waals surface area contributed by atoms with Gasteiger partial charge in [0.15, 0.2) is 0 Å². The third kappa shape index (κ3) is 6.86. The highest BCUT2D eigenvalue weighted by molar-refractivity contribution is 5.85. The standard InChI is InChI=1S/C20H26N2O2.ClH/c1-15(16(2)21)20(23)22-12-18-10-6-7-11-19(18)14-24-13-17-8-4-3-5-9-17;/h3-11,15-16H,12-14,21H2,1-2H3,(H,22,23);1H. The first-order valence-corrected chi connectivity index (χ1v) is 8.29. The number of carbonyl (C=O) groups is 1. The first-order valence-electron chi connectivity index (χ1n) is 8.29. The van der Waals surface area contributed by atoms with Crippen molar-refractivity contribution in [3.63, 3.8) is 0 Å². The van der Waals surface area contributed by atoms with Crippen LogP contribution in [0.2, 0.25) is 0 Å². The van der Waals surface area contributed by atoms with Crippen molar-refractivity contribution >= 4 is 18.3 Å². The largest absolute Gasteiger partial charge is 0.372 e. The van der Waals surface area contributed by atoms with Crippen LogP contribution in [-0.2, 0) is 29.3 Å². The summed E-state index contributed by atoms with van der Waals surface area (Å²) >= 11 is 0. The number of carbonyl (C=O) groups excluding carboxylic acids is 1. The fourth-order valence-electron chi connectivity index (χ4n) is 2.31. The highest BCUT2D eigenvalue weighted by Crippen LogP contribution is 2.12. The van der Waals surface area contributed by atoms with Crippen molar-refractivity contribution in [3.8, 4) is 0 Å². The Morgan fingerprint density at radius 3 is 2.24 bits per heavy atom. The SMILES string of the molecule is CC(N)C(C)C(=O)NCc1ccccc1COCc1ccccc1.Cl. The molecule has 0 aliphatic carbocycles. The van der Waals surface area contributed by atoms with Crippen LogP contribution in [0.5, 0.6) is 0 Å². The van der Waals surface area contributed by atoms with Crippen molar-refractivity contribution in [2.24, 2.45) is 11.7 Å². The first-order chi connectivity index (χ1) is 11.6. The smallest absolute Gasteiger partial charge is 0.224 e. The summed E-state index contributed by atoms with van der Waals surface area (Å²) in [5.41, 5.74) is 9.07. The normalized spacial score (nSPS) is 12.8. The molecule has 2 unspecified atom stereocenters. The maximum atomic E-state index is 12.0. The van der Waals surface area contributed by atoms with Crippen LogP contribution in [0.25, 0.3) is 0 Å². The molecule has 2 aromatic rings. The van der Waals surface area contributed by atoms with Crippen molar-refractivity contribution in [1.29, 1.82) is 0 Å². The lowest BCUT2D eigenvalue weighted by Gasteiger charge is -2.16. The number of hydrogen-bond acceptors (Lipinski definition) is 3. The Morgan fingerprint density at radius 1 is 1.00 bits per heavy atom. The van der Waals surface area contributed by atoms with Gasteiger partial charge in [-0.2, -0.15) is 0 Å². The van der Waals surface area contributed by atoms with Crippen molar-refractivity contribution in [2.45, 2.75) is 39.6 Å². The fraction of sp³-hybridized carbons (Fsp3) is 0.350. The Labute approximate surface area is 156 Å². The van der Waals surface area contributed by atoms with Gasteiger partial charge in [-0.05, 0) is 23.6 Å². The quantitative estimate of drug-likeness (QED) is 0.756. The summed E-state index contributed by atoms with van der Waals surface area (Å²) in [4.78, 5) is 12.0. The molecule has 5 heteroatoms. The predicted octanol–water partition coefficient (Wildman–Crippen LogP) is 3.42. The van der Waals surface area contributed by atoms with E-state index in [-0.39, 0.29) is 30.3 Å². The molecule has 1 amide bonds. The van der Waals surface area contributed by atoms with Gasteiger partial charge in [-0.3, -0.25) is 4.79 Å². The molecule has 0 fully saturated rings. The van der Waals surface area contributed by atoms with E-state index < -0.39 is 0 Å². The summed E-state index contributed by atoms with van der Waals surface area (Å²) in [5, 5.41) is 2.95. The van der Waals surface area contributed by atoms with E-state index in [4.69, 9.17) is 10.5 Å². The van der Waals surface area contributed by atoms with Crippen molar-refractivity contribution in [3.05, 3.63) is 71.3 Å². The number of hydrogen-bond donors (Lipinski definition) is 2. The lowest BCUT2D eigenvalue weighted by atomic mass is 10.0. The van der Waals surface area contributed by atoms with E-state index in [9.17, 15) is 4.79 Å². The minimum absolute atomic E-state index is 0. The third-order valence-electron chi connectivity index (χ3n) is 4.14. The monoisotopic (exact) mass is 362 g/mol. The molecule has 0 saturated carbocycles. The van der Waals surface area contributed by atoms with E-state index in [0.29, 0.717) is 19.8 Å². The van der Waals surface area contributed by atoms with Gasteiger partial charge in [0.1, 0.15) is 0 Å². The van der Waals surface area contributed by atoms with Crippen molar-refractivity contribution in [2.75, 3.05) is 0 Å². The number of benzene rings is 2. The Morgan fingerprint density at radius 2 is 1.60 bits per heavy atom. The Bertz CT molecular complexity index is 647. The van der Waals surface area contributed by atoms with Gasteiger partial charge in [-0.25, -0.2) is 0 Å². The number of ether oxygens (including phenoxy) is 1. The Kier molecular flexibility index (Phi) is 9.21. The van der Waals surface area contributed by atoms with Gasteiger partial charge >= 0.3 is 0 Å². The topological polar surface area (TPSA) is 64.4 Å². The number of nitrogens with two attached hydrogens (primary N) is 1. The van der Waals surface area contributed by atoms with E-state index in [2.05, 4.69) is 5.32 Å². The van der Waals surface area contributed by atoms with Crippen LogP contribution in [0.1, 0.15) is 30.5 Å². The molecule has 0 aromatic heterocycles. The molecule has 0 aliphatic rings. The van der Waals surface area contributed by atoms with Crippen LogP contribution >= 0.6 is 12.4 Å². The first kappa shape index (κ1) is 21.2. The van der Waals surface area contributed by atoms with E-state index in [0.717, 1.165) is 16.7 Å². The average molecular weight is 363 g/mol. The van der Waals surface area contributed by atoms with E-state index in [1.54, 1.807) is 0 Å². The fourth-order valence-corrected chi connectivity index (χ4v) is 2.31. The highest BCUT2D eigenvalue weighted by Gasteiger charge is 2.16. The van der Waals surface area contributed by atoms with Crippen LogP contribution in [0.3, 0.4) is 0 Å². The summed E-state index contributed by atoms with van der Waals surface area (Å²) in [6.45, 7) is 5.26. The van der Waals surface area contributed by atoms with Gasteiger partial charge in [0, 0.05) is 18.5 Å². The Hall–Kier alpha value is -1.88. The summed E-state index contributed by atoms with van der Waals surface area (Å²) in [6, 6.07) is 17.9. The molecule has 0 bridgehead atoms. The zero-order chi connectivity index (χ0) is 17.4. The van der Waals surface area contributed by atoms with Gasteiger partial charge < -0.3 is 15.8 Å². The molecule has 0 aliphatic heterocycles. The molecule has 0 saturated heterocycles. The maximum Gasteiger partial charge on any atom is 0.224 e. The summed E-state index contributed by atoms with van der Waals surface area (Å²) < 4.78 is 5.81. The van der Waals surface area contributed by atoms with Crippen LogP contribution in [-0.4, -0.2) is 11.9 Å². The molecule has 2 rings (SSSR count). The van der Waals surface area contributed by atoms with Crippen LogP contribution in [0, 0.1) is 5.92 Å². The molecule has 2 aromatic carbocycles. The molecule has 4 nitrogen and oxygen atoms in total. The molecule has 2 atom stereocenters. The molecule has 0 spiro atoms. The minimum Gasteiger partial charge on any atom is -0.372 e. The molecule has 0 heterocycles. The summed E-state index contributed by atoms with van der Waals surface area (Å²) in [7, 11) is 0. The second-order valence-corrected chi connectivity index (χ2v) is 6.11. The molecule has 3 N–H and O–H groups in total. The second kappa shape index (κ2) is 10.9. The number of amides is 1. The van der Waals surface area contributed by atoms with Crippen LogP contribution in [0.15, 0.2) is 54.6 Å². The molecular weight excluding hydrogens is 336 g/mol. The number of nitrogens with one attached hydrogen (secondary N) is 1. The van der Waals surface area contributed by atoms with E-state index >= 15 is 0 Å². The van der Waals surface area contributed by atoms with E-state index in [1.165, 1.54) is 0 Å². The van der Waals surface area contributed by atoms with Gasteiger partial charge in [0.25, 0.3) is 0 Å². The average Bonchev–Trinajstić information content (AvgIpc) is 2.60. The zero-order valence-electron chi connectivity index (χ0n) is 14.8. The van der Waals surface area contributed by atoms with Crippen LogP contribution < -0.4 is 11.1 Å². The predicted molar refractivity (Wildman–Crippen MR) is 103 cm³/mol. The van der Waals surface area contributed by atoms with Gasteiger partial charge in [0.2, 0.25) is 5.91 Å². The Balaban J connectivity index is 0.00000312. The lowest BCUT2D eigenvalue weighted by Crippen LogP contribution is -2.38. The van der Waals surface area contributed by atoms with Crippen molar-refractivity contribution < 1.29 is 9.53 Å². The van der Waals surface area contributed by atoms with Crippen LogP contribution in [0.4, 0.5) is 0 Å². The maximum absolute atomic E-state index is 12.0. The summed E-state index contributed by atoms with van der Waals surface area (Å²) in [5.74, 6) is -0.225. The zero-order valence-corrected chi connectivity index (χ0v) is 15.6. The molecule has 25 heavy (non-hydrogen) atoms. The summed E-state index contributed by atoms with van der Waals surface area (Å²) in [6.07, 6.45) is 0. The molecule has 0 radical (unpaired) electrons. The number of rotatable bonds is 8. The highest BCUT2D eigenvalue weighted by atomic mass is 35.5. The lowest BCUT2D eigenvalue weighted by molar-refractivity contribution is -0.125. The molecular formula is C20H27ClN2O2. The molecule has 136 valence electrons. The number of halogens is 1. The minimum atomic E-state index is -0.202. The third-order valence-corrected chi connectivity index (χ3v) is 4.14.